The number of amides is 1. The number of nitrogens with zero attached hydrogens (tertiary/aromatic N) is 3. The second kappa shape index (κ2) is 6.72. The Bertz CT molecular complexity index is 1040. The third-order valence-corrected chi connectivity index (χ3v) is 8.03. The van der Waals surface area contributed by atoms with E-state index in [1.807, 2.05) is 13.8 Å². The van der Waals surface area contributed by atoms with Gasteiger partial charge in [0.1, 0.15) is 0 Å². The number of sulfonamides is 1. The summed E-state index contributed by atoms with van der Waals surface area (Å²) >= 11 is 1.07. The van der Waals surface area contributed by atoms with Crippen molar-refractivity contribution in [3.8, 4) is 0 Å². The van der Waals surface area contributed by atoms with Crippen molar-refractivity contribution >= 4 is 37.5 Å². The van der Waals surface area contributed by atoms with E-state index in [-0.39, 0.29) is 27.6 Å². The number of hydrogen-bond donors (Lipinski definition) is 0. The molecule has 1 saturated heterocycles. The van der Waals surface area contributed by atoms with Crippen molar-refractivity contribution in [2.24, 2.45) is 5.92 Å². The Kier molecular flexibility index (Phi) is 4.64. The van der Waals surface area contributed by atoms with E-state index in [1.54, 1.807) is 27.7 Å². The summed E-state index contributed by atoms with van der Waals surface area (Å²) in [5.41, 5.74) is 0.763. The molecule has 0 N–H and O–H groups in total. The van der Waals surface area contributed by atoms with Crippen LogP contribution in [0.15, 0.2) is 27.9 Å². The molecule has 7 nitrogen and oxygen atoms in total. The fourth-order valence-corrected chi connectivity index (χ4v) is 6.13. The maximum atomic E-state index is 13.0. The van der Waals surface area contributed by atoms with Gasteiger partial charge in [-0.3, -0.25) is 14.2 Å². The summed E-state index contributed by atoms with van der Waals surface area (Å²) in [5.74, 6) is 0.316. The Morgan fingerprint density at radius 3 is 2.41 bits per heavy atom. The molecule has 1 aliphatic carbocycles. The van der Waals surface area contributed by atoms with Crippen LogP contribution >= 0.6 is 11.3 Å². The van der Waals surface area contributed by atoms with Crippen LogP contribution in [0.25, 0.3) is 10.2 Å². The highest BCUT2D eigenvalue weighted by molar-refractivity contribution is 7.89. The molecular weight excluding hydrogens is 386 g/mol. The maximum Gasteiger partial charge on any atom is 0.308 e. The van der Waals surface area contributed by atoms with E-state index in [0.717, 1.165) is 29.7 Å². The van der Waals surface area contributed by atoms with Gasteiger partial charge in [0.05, 0.1) is 15.1 Å². The van der Waals surface area contributed by atoms with Gasteiger partial charge in [-0.05, 0) is 44.9 Å². The Hall–Kier alpha value is -1.71. The number of carbonyl (C=O) groups excluding carboxylic acids is 1. The normalized spacial score (nSPS) is 19.1. The predicted molar refractivity (Wildman–Crippen MR) is 105 cm³/mol. The third-order valence-electron chi connectivity index (χ3n) is 5.22. The number of hydrogen-bond acceptors (Lipinski definition) is 5. The van der Waals surface area contributed by atoms with Crippen LogP contribution < -0.4 is 4.87 Å². The molecule has 146 valence electrons. The molecule has 1 saturated carbocycles. The fraction of sp³-hybridized carbons (Fsp3) is 0.556. The van der Waals surface area contributed by atoms with Gasteiger partial charge < -0.3 is 4.90 Å². The van der Waals surface area contributed by atoms with Gasteiger partial charge in [-0.25, -0.2) is 8.42 Å². The minimum atomic E-state index is -3.64. The van der Waals surface area contributed by atoms with Gasteiger partial charge in [0.25, 0.3) is 0 Å². The van der Waals surface area contributed by atoms with Crippen LogP contribution in [0.3, 0.4) is 0 Å². The standard InChI is InChI=1S/C18H23N3O4S2/c1-12(2)21-15-6-5-14(11-16(15)26-18(21)23)27(24,25)20-9-7-19(8-10-20)17(22)13-3-4-13/h5-6,11-13H,3-4,7-10H2,1-2H3. The molecule has 0 unspecified atom stereocenters. The topological polar surface area (TPSA) is 79.7 Å². The number of carbonyl (C=O) groups is 1. The van der Waals surface area contributed by atoms with E-state index >= 15 is 0 Å². The lowest BCUT2D eigenvalue weighted by atomic mass is 10.3. The van der Waals surface area contributed by atoms with Gasteiger partial charge in [0.2, 0.25) is 15.9 Å². The zero-order valence-electron chi connectivity index (χ0n) is 15.4. The summed E-state index contributed by atoms with van der Waals surface area (Å²) in [5, 5.41) is 0. The zero-order chi connectivity index (χ0) is 19.3. The van der Waals surface area contributed by atoms with Crippen LogP contribution in [-0.2, 0) is 14.8 Å². The van der Waals surface area contributed by atoms with Crippen LogP contribution in [0.4, 0.5) is 0 Å². The fourth-order valence-electron chi connectivity index (χ4n) is 3.55. The van der Waals surface area contributed by atoms with E-state index in [2.05, 4.69) is 0 Å². The molecule has 1 aromatic carbocycles. The minimum Gasteiger partial charge on any atom is -0.340 e. The number of benzene rings is 1. The molecule has 0 spiro atoms. The van der Waals surface area contributed by atoms with Gasteiger partial charge in [-0.2, -0.15) is 4.31 Å². The number of thiazole rings is 1. The van der Waals surface area contributed by atoms with Gasteiger partial charge in [0.15, 0.2) is 0 Å². The van der Waals surface area contributed by atoms with Crippen LogP contribution in [0.2, 0.25) is 0 Å². The Balaban J connectivity index is 1.57. The third kappa shape index (κ3) is 3.32. The summed E-state index contributed by atoms with van der Waals surface area (Å²) in [4.78, 5) is 26.2. The van der Waals surface area contributed by atoms with Crippen LogP contribution in [-0.4, -0.2) is 54.3 Å². The second-order valence-corrected chi connectivity index (χ2v) is 10.4. The van der Waals surface area contributed by atoms with Crippen molar-refractivity contribution in [2.45, 2.75) is 37.6 Å². The number of piperazine rings is 1. The number of aromatic nitrogens is 1. The summed E-state index contributed by atoms with van der Waals surface area (Å²) in [7, 11) is -3.64. The van der Waals surface area contributed by atoms with Gasteiger partial charge in [-0.1, -0.05) is 11.3 Å². The molecule has 0 bridgehead atoms. The van der Waals surface area contributed by atoms with Crippen molar-refractivity contribution in [1.82, 2.24) is 13.8 Å². The summed E-state index contributed by atoms with van der Waals surface area (Å²) in [6.45, 7) is 5.35. The van der Waals surface area contributed by atoms with Crippen LogP contribution in [0.1, 0.15) is 32.7 Å². The van der Waals surface area contributed by atoms with E-state index in [1.165, 1.54) is 4.31 Å². The van der Waals surface area contributed by atoms with Crippen molar-refractivity contribution in [1.29, 1.82) is 0 Å². The maximum absolute atomic E-state index is 13.0. The molecule has 2 aromatic rings. The average molecular weight is 410 g/mol. The molecule has 2 heterocycles. The van der Waals surface area contributed by atoms with E-state index < -0.39 is 10.0 Å². The monoisotopic (exact) mass is 409 g/mol. The molecule has 4 rings (SSSR count). The summed E-state index contributed by atoms with van der Waals surface area (Å²) < 4.78 is 29.8. The smallest absolute Gasteiger partial charge is 0.308 e. The van der Waals surface area contributed by atoms with Crippen molar-refractivity contribution < 1.29 is 13.2 Å². The lowest BCUT2D eigenvalue weighted by Crippen LogP contribution is -2.50. The van der Waals surface area contributed by atoms with Crippen molar-refractivity contribution in [3.63, 3.8) is 0 Å². The Morgan fingerprint density at radius 1 is 1.15 bits per heavy atom. The molecular formula is C18H23N3O4S2. The second-order valence-electron chi connectivity index (χ2n) is 7.46. The molecule has 1 amide bonds. The van der Waals surface area contributed by atoms with E-state index in [9.17, 15) is 18.0 Å². The number of rotatable bonds is 4. The molecule has 27 heavy (non-hydrogen) atoms. The first kappa shape index (κ1) is 18.6. The van der Waals surface area contributed by atoms with E-state index in [0.29, 0.717) is 30.9 Å². The molecule has 0 atom stereocenters. The summed E-state index contributed by atoms with van der Waals surface area (Å²) in [6.07, 6.45) is 1.91. The van der Waals surface area contributed by atoms with E-state index in [4.69, 9.17) is 0 Å². The molecule has 1 aliphatic heterocycles. The Labute approximate surface area is 162 Å². The largest absolute Gasteiger partial charge is 0.340 e. The highest BCUT2D eigenvalue weighted by atomic mass is 32.2. The first-order valence-electron chi connectivity index (χ1n) is 9.23. The highest BCUT2D eigenvalue weighted by Gasteiger charge is 2.36. The van der Waals surface area contributed by atoms with Gasteiger partial charge in [-0.15, -0.1) is 0 Å². The molecule has 9 heteroatoms. The molecule has 0 radical (unpaired) electrons. The Morgan fingerprint density at radius 2 is 1.81 bits per heavy atom. The highest BCUT2D eigenvalue weighted by Crippen LogP contribution is 2.32. The minimum absolute atomic E-state index is 0.0192. The first-order chi connectivity index (χ1) is 12.8. The van der Waals surface area contributed by atoms with Crippen molar-refractivity contribution in [2.75, 3.05) is 26.2 Å². The molecule has 1 aromatic heterocycles. The summed E-state index contributed by atoms with van der Waals surface area (Å²) in [6, 6.07) is 4.90. The van der Waals surface area contributed by atoms with Crippen LogP contribution in [0.5, 0.6) is 0 Å². The zero-order valence-corrected chi connectivity index (χ0v) is 17.1. The SMILES string of the molecule is CC(C)n1c(=O)sc2cc(S(=O)(=O)N3CCN(C(=O)C4CC4)CC3)ccc21. The quantitative estimate of drug-likeness (QED) is 0.772. The van der Waals surface area contributed by atoms with Gasteiger partial charge >= 0.3 is 4.87 Å². The van der Waals surface area contributed by atoms with Crippen LogP contribution in [0, 0.1) is 5.92 Å². The number of fused-ring (bicyclic) bond motifs is 1. The lowest BCUT2D eigenvalue weighted by molar-refractivity contribution is -0.133. The molecule has 2 fully saturated rings. The molecule has 2 aliphatic rings. The average Bonchev–Trinajstić information content (AvgIpc) is 3.42. The lowest BCUT2D eigenvalue weighted by Gasteiger charge is -2.34. The van der Waals surface area contributed by atoms with Gasteiger partial charge in [0, 0.05) is 38.1 Å². The predicted octanol–water partition coefficient (Wildman–Crippen LogP) is 1.89. The van der Waals surface area contributed by atoms with Crippen molar-refractivity contribution in [3.05, 3.63) is 27.9 Å². The first-order valence-corrected chi connectivity index (χ1v) is 11.5.